The molecule has 2 atom stereocenters. The van der Waals surface area contributed by atoms with Crippen molar-refractivity contribution in [1.29, 1.82) is 0 Å². The highest BCUT2D eigenvalue weighted by Crippen LogP contribution is 2.42. The molecule has 2 amide bonds. The van der Waals surface area contributed by atoms with Gasteiger partial charge in [0, 0.05) is 24.7 Å². The van der Waals surface area contributed by atoms with Crippen molar-refractivity contribution < 1.29 is 9.59 Å². The molecule has 3 rings (SSSR count). The summed E-state index contributed by atoms with van der Waals surface area (Å²) in [6.07, 6.45) is 5.26. The standard InChI is InChI=1S/C21H31N3O2.ClH/c1-13-6-4-7-14(2)20(13)23-18(25)12-24(3)21(26)17-10-15-8-5-9-16(11-17)19(15)22;/h4,6-7,15-17,19H,5,8-12,22H2,1-3H3,(H,23,25);1H. The van der Waals surface area contributed by atoms with Crippen molar-refractivity contribution in [3.63, 3.8) is 0 Å². The molecule has 150 valence electrons. The number of anilines is 1. The number of rotatable bonds is 4. The summed E-state index contributed by atoms with van der Waals surface area (Å²) < 4.78 is 0. The Kier molecular flexibility index (Phi) is 7.29. The minimum atomic E-state index is -0.147. The predicted octanol–water partition coefficient (Wildman–Crippen LogP) is 3.28. The van der Waals surface area contributed by atoms with Gasteiger partial charge in [-0.25, -0.2) is 0 Å². The van der Waals surface area contributed by atoms with Gasteiger partial charge >= 0.3 is 0 Å². The third-order valence-corrected chi connectivity index (χ3v) is 6.26. The number of carbonyl (C=O) groups is 2. The fourth-order valence-electron chi connectivity index (χ4n) is 4.79. The summed E-state index contributed by atoms with van der Waals surface area (Å²) in [6, 6.07) is 6.18. The van der Waals surface area contributed by atoms with Gasteiger partial charge in [-0.2, -0.15) is 0 Å². The van der Waals surface area contributed by atoms with Crippen LogP contribution in [0.2, 0.25) is 0 Å². The number of nitrogens with one attached hydrogen (secondary N) is 1. The quantitative estimate of drug-likeness (QED) is 0.824. The summed E-state index contributed by atoms with van der Waals surface area (Å²) in [5.41, 5.74) is 9.23. The highest BCUT2D eigenvalue weighted by atomic mass is 35.5. The van der Waals surface area contributed by atoms with Crippen LogP contribution >= 0.6 is 12.4 Å². The number of aryl methyl sites for hydroxylation is 2. The molecule has 1 aromatic carbocycles. The van der Waals surface area contributed by atoms with Crippen molar-refractivity contribution in [2.24, 2.45) is 23.5 Å². The molecule has 2 aliphatic rings. The molecule has 2 bridgehead atoms. The summed E-state index contributed by atoms with van der Waals surface area (Å²) in [5, 5.41) is 2.96. The van der Waals surface area contributed by atoms with Crippen molar-refractivity contribution in [2.45, 2.75) is 52.0 Å². The monoisotopic (exact) mass is 393 g/mol. The number of nitrogens with zero attached hydrogens (tertiary/aromatic N) is 1. The minimum absolute atomic E-state index is 0. The molecule has 0 aromatic heterocycles. The van der Waals surface area contributed by atoms with Crippen LogP contribution in [-0.4, -0.2) is 36.3 Å². The fourth-order valence-corrected chi connectivity index (χ4v) is 4.79. The van der Waals surface area contributed by atoms with Gasteiger partial charge in [-0.1, -0.05) is 24.6 Å². The predicted molar refractivity (Wildman–Crippen MR) is 111 cm³/mol. The topological polar surface area (TPSA) is 75.4 Å². The van der Waals surface area contributed by atoms with Gasteiger partial charge in [-0.05, 0) is 62.5 Å². The van der Waals surface area contributed by atoms with Gasteiger partial charge in [-0.15, -0.1) is 12.4 Å². The Morgan fingerprint density at radius 3 is 2.26 bits per heavy atom. The van der Waals surface area contributed by atoms with E-state index in [4.69, 9.17) is 5.73 Å². The highest BCUT2D eigenvalue weighted by molar-refractivity contribution is 5.96. The smallest absolute Gasteiger partial charge is 0.243 e. The number of hydrogen-bond acceptors (Lipinski definition) is 3. The van der Waals surface area contributed by atoms with Crippen molar-refractivity contribution >= 4 is 29.9 Å². The third kappa shape index (κ3) is 4.82. The van der Waals surface area contributed by atoms with E-state index in [1.807, 2.05) is 32.0 Å². The highest BCUT2D eigenvalue weighted by Gasteiger charge is 2.41. The van der Waals surface area contributed by atoms with Gasteiger partial charge < -0.3 is 16.0 Å². The number of amides is 2. The molecular weight excluding hydrogens is 362 g/mol. The van der Waals surface area contributed by atoms with Crippen LogP contribution < -0.4 is 11.1 Å². The van der Waals surface area contributed by atoms with Crippen molar-refractivity contribution in [1.82, 2.24) is 4.90 Å². The molecule has 2 aliphatic carbocycles. The van der Waals surface area contributed by atoms with Gasteiger partial charge in [0.2, 0.25) is 11.8 Å². The second kappa shape index (κ2) is 9.07. The Bertz CT molecular complexity index is 660. The van der Waals surface area contributed by atoms with Crippen LogP contribution in [0.5, 0.6) is 0 Å². The van der Waals surface area contributed by atoms with E-state index in [0.29, 0.717) is 11.8 Å². The van der Waals surface area contributed by atoms with E-state index in [0.717, 1.165) is 42.5 Å². The zero-order valence-electron chi connectivity index (χ0n) is 16.5. The summed E-state index contributed by atoms with van der Waals surface area (Å²) in [5.74, 6) is 0.890. The summed E-state index contributed by atoms with van der Waals surface area (Å²) in [6.45, 7) is 4.04. The van der Waals surface area contributed by atoms with Crippen LogP contribution in [0.3, 0.4) is 0 Å². The molecule has 5 nitrogen and oxygen atoms in total. The molecule has 1 aromatic rings. The van der Waals surface area contributed by atoms with Crippen LogP contribution in [-0.2, 0) is 9.59 Å². The number of nitrogens with two attached hydrogens (primary N) is 1. The number of fused-ring (bicyclic) bond motifs is 2. The van der Waals surface area contributed by atoms with E-state index >= 15 is 0 Å². The van der Waals surface area contributed by atoms with Crippen molar-refractivity contribution in [2.75, 3.05) is 18.9 Å². The summed E-state index contributed by atoms with van der Waals surface area (Å²) >= 11 is 0. The van der Waals surface area contributed by atoms with Crippen LogP contribution in [0.15, 0.2) is 18.2 Å². The number of hydrogen-bond donors (Lipinski definition) is 2. The maximum Gasteiger partial charge on any atom is 0.243 e. The lowest BCUT2D eigenvalue weighted by Gasteiger charge is -2.44. The Morgan fingerprint density at radius 1 is 1.15 bits per heavy atom. The fraction of sp³-hybridized carbons (Fsp3) is 0.619. The van der Waals surface area contributed by atoms with Crippen LogP contribution in [0.4, 0.5) is 5.69 Å². The first-order chi connectivity index (χ1) is 12.4. The van der Waals surface area contributed by atoms with Crippen LogP contribution in [0.25, 0.3) is 0 Å². The van der Waals surface area contributed by atoms with Crippen molar-refractivity contribution in [3.05, 3.63) is 29.3 Å². The van der Waals surface area contributed by atoms with Gasteiger partial charge in [0.15, 0.2) is 0 Å². The normalized spacial score (nSPS) is 26.7. The average Bonchev–Trinajstić information content (AvgIpc) is 2.57. The van der Waals surface area contributed by atoms with Gasteiger partial charge in [0.1, 0.15) is 0 Å². The van der Waals surface area contributed by atoms with E-state index < -0.39 is 0 Å². The molecule has 3 N–H and O–H groups in total. The molecule has 0 heterocycles. The van der Waals surface area contributed by atoms with Gasteiger partial charge in [0.05, 0.1) is 6.54 Å². The van der Waals surface area contributed by atoms with Crippen LogP contribution in [0, 0.1) is 31.6 Å². The number of benzene rings is 1. The number of para-hydroxylation sites is 1. The largest absolute Gasteiger partial charge is 0.336 e. The summed E-state index contributed by atoms with van der Waals surface area (Å²) in [4.78, 5) is 26.9. The van der Waals surface area contributed by atoms with E-state index in [1.165, 1.54) is 6.42 Å². The molecule has 27 heavy (non-hydrogen) atoms. The average molecular weight is 394 g/mol. The molecule has 0 spiro atoms. The molecule has 2 unspecified atom stereocenters. The van der Waals surface area contributed by atoms with Crippen LogP contribution in [0.1, 0.15) is 43.2 Å². The summed E-state index contributed by atoms with van der Waals surface area (Å²) in [7, 11) is 1.73. The first-order valence-corrected chi connectivity index (χ1v) is 9.73. The SMILES string of the molecule is Cc1cccc(C)c1NC(=O)CN(C)C(=O)C1CC2CCCC(C1)C2N.Cl. The maximum absolute atomic E-state index is 12.9. The van der Waals surface area contributed by atoms with Gasteiger partial charge in [0.25, 0.3) is 0 Å². The second-order valence-electron chi connectivity index (χ2n) is 8.21. The lowest BCUT2D eigenvalue weighted by molar-refractivity contribution is -0.139. The van der Waals surface area contributed by atoms with Gasteiger partial charge in [-0.3, -0.25) is 9.59 Å². The minimum Gasteiger partial charge on any atom is -0.336 e. The first-order valence-electron chi connectivity index (χ1n) is 9.73. The zero-order chi connectivity index (χ0) is 18.8. The van der Waals surface area contributed by atoms with E-state index in [1.54, 1.807) is 11.9 Å². The molecular formula is C21H32ClN3O2. The second-order valence-corrected chi connectivity index (χ2v) is 8.21. The molecule has 2 fully saturated rings. The number of carbonyl (C=O) groups excluding carboxylic acids is 2. The maximum atomic E-state index is 12.9. The number of halogens is 1. The zero-order valence-corrected chi connectivity index (χ0v) is 17.3. The lowest BCUT2D eigenvalue weighted by Crippen LogP contribution is -2.49. The molecule has 0 saturated heterocycles. The third-order valence-electron chi connectivity index (χ3n) is 6.26. The Morgan fingerprint density at radius 2 is 1.70 bits per heavy atom. The van der Waals surface area contributed by atoms with E-state index in [9.17, 15) is 9.59 Å². The molecule has 6 heteroatoms. The number of likely N-dealkylation sites (N-methyl/N-ethyl adjacent to an activating group) is 1. The molecule has 0 aliphatic heterocycles. The van der Waals surface area contributed by atoms with E-state index in [-0.39, 0.29) is 42.7 Å². The Labute approximate surface area is 168 Å². The Balaban J connectivity index is 0.00000261. The van der Waals surface area contributed by atoms with Crippen molar-refractivity contribution in [3.8, 4) is 0 Å². The lowest BCUT2D eigenvalue weighted by atomic mass is 9.65. The first kappa shape index (κ1) is 21.7. The Hall–Kier alpha value is -1.59. The molecule has 0 radical (unpaired) electrons. The van der Waals surface area contributed by atoms with E-state index in [2.05, 4.69) is 5.32 Å². The molecule has 2 saturated carbocycles.